The number of halogens is 2. The molecule has 148 valence electrons. The first-order valence-electron chi connectivity index (χ1n) is 9.41. The molecule has 28 heavy (non-hydrogen) atoms. The molecule has 2 aromatic rings. The van der Waals surface area contributed by atoms with Gasteiger partial charge in [-0.25, -0.2) is 0 Å². The summed E-state index contributed by atoms with van der Waals surface area (Å²) in [6, 6.07) is 12.3. The van der Waals surface area contributed by atoms with Gasteiger partial charge in [-0.05, 0) is 61.7 Å². The lowest BCUT2D eigenvalue weighted by Gasteiger charge is -2.22. The molecule has 0 saturated carbocycles. The normalized spacial score (nSPS) is 13.4. The summed E-state index contributed by atoms with van der Waals surface area (Å²) in [6.07, 6.45) is 3.17. The fourth-order valence-electron chi connectivity index (χ4n) is 3.21. The van der Waals surface area contributed by atoms with E-state index < -0.39 is 0 Å². The van der Waals surface area contributed by atoms with Crippen LogP contribution in [0.15, 0.2) is 42.5 Å². The average molecular weight is 420 g/mol. The molecule has 0 bridgehead atoms. The number of benzene rings is 2. The molecule has 2 N–H and O–H groups in total. The maximum absolute atomic E-state index is 12.3. The molecule has 7 heteroatoms. The van der Waals surface area contributed by atoms with Crippen LogP contribution in [0.3, 0.4) is 0 Å². The summed E-state index contributed by atoms with van der Waals surface area (Å²) in [7, 11) is 0. The Kier molecular flexibility index (Phi) is 7.18. The van der Waals surface area contributed by atoms with E-state index in [1.165, 1.54) is 0 Å². The largest absolute Gasteiger partial charge is 0.370 e. The maximum atomic E-state index is 12.3. The topological polar surface area (TPSA) is 61.4 Å². The van der Waals surface area contributed by atoms with E-state index in [4.69, 9.17) is 23.2 Å². The molecular formula is C21H23Cl2N3O2. The molecule has 0 aromatic heterocycles. The van der Waals surface area contributed by atoms with Crippen LogP contribution in [0.2, 0.25) is 10.0 Å². The Morgan fingerprint density at radius 2 is 1.64 bits per heavy atom. The lowest BCUT2D eigenvalue weighted by Crippen LogP contribution is -2.25. The van der Waals surface area contributed by atoms with Crippen molar-refractivity contribution in [3.63, 3.8) is 0 Å². The number of carbonyl (C=O) groups excluding carboxylic acids is 2. The van der Waals surface area contributed by atoms with E-state index in [1.54, 1.807) is 30.3 Å². The Bertz CT molecular complexity index is 834. The zero-order chi connectivity index (χ0) is 19.9. The molecule has 1 aliphatic rings. The van der Waals surface area contributed by atoms with Crippen LogP contribution >= 0.6 is 23.2 Å². The lowest BCUT2D eigenvalue weighted by molar-refractivity contribution is -0.116. The Morgan fingerprint density at radius 1 is 0.964 bits per heavy atom. The SMILES string of the molecule is O=C(CCCNC(=O)c1ccc(Cl)cc1)Nc1cc(Cl)ccc1N1CCCC1. The van der Waals surface area contributed by atoms with Gasteiger partial charge < -0.3 is 15.5 Å². The van der Waals surface area contributed by atoms with Crippen LogP contribution < -0.4 is 15.5 Å². The number of anilines is 2. The van der Waals surface area contributed by atoms with Crippen molar-refractivity contribution in [1.29, 1.82) is 0 Å². The molecule has 1 heterocycles. The molecule has 0 spiro atoms. The van der Waals surface area contributed by atoms with Crippen molar-refractivity contribution in [1.82, 2.24) is 5.32 Å². The molecule has 0 radical (unpaired) electrons. The standard InChI is InChI=1S/C21H23Cl2N3O2/c22-16-7-5-15(6-8-16)21(28)24-11-3-4-20(27)25-18-14-17(23)9-10-19(18)26-12-1-2-13-26/h5-10,14H,1-4,11-13H2,(H,24,28)(H,25,27). The van der Waals surface area contributed by atoms with E-state index in [1.807, 2.05) is 12.1 Å². The summed E-state index contributed by atoms with van der Waals surface area (Å²) < 4.78 is 0. The van der Waals surface area contributed by atoms with Crippen LogP contribution in [0.1, 0.15) is 36.0 Å². The van der Waals surface area contributed by atoms with Crippen molar-refractivity contribution in [2.24, 2.45) is 0 Å². The zero-order valence-corrected chi connectivity index (χ0v) is 17.0. The highest BCUT2D eigenvalue weighted by Crippen LogP contribution is 2.31. The van der Waals surface area contributed by atoms with Crippen LogP contribution in [0.4, 0.5) is 11.4 Å². The van der Waals surface area contributed by atoms with Crippen LogP contribution in [-0.2, 0) is 4.79 Å². The van der Waals surface area contributed by atoms with E-state index in [-0.39, 0.29) is 11.8 Å². The van der Waals surface area contributed by atoms with Crippen LogP contribution in [-0.4, -0.2) is 31.4 Å². The zero-order valence-electron chi connectivity index (χ0n) is 15.5. The van der Waals surface area contributed by atoms with E-state index in [2.05, 4.69) is 15.5 Å². The van der Waals surface area contributed by atoms with Crippen LogP contribution in [0.25, 0.3) is 0 Å². The summed E-state index contributed by atoms with van der Waals surface area (Å²) in [6.45, 7) is 2.39. The first kappa shape index (κ1) is 20.5. The predicted octanol–water partition coefficient (Wildman–Crippen LogP) is 4.74. The van der Waals surface area contributed by atoms with Gasteiger partial charge in [-0.2, -0.15) is 0 Å². The first-order valence-corrected chi connectivity index (χ1v) is 10.2. The van der Waals surface area contributed by atoms with Crippen LogP contribution in [0.5, 0.6) is 0 Å². The summed E-state index contributed by atoms with van der Waals surface area (Å²) in [5, 5.41) is 6.95. The predicted molar refractivity (Wildman–Crippen MR) is 115 cm³/mol. The Hall–Kier alpha value is -2.24. The monoisotopic (exact) mass is 419 g/mol. The van der Waals surface area contributed by atoms with E-state index in [9.17, 15) is 9.59 Å². The second-order valence-electron chi connectivity index (χ2n) is 6.77. The molecule has 1 fully saturated rings. The van der Waals surface area contributed by atoms with Gasteiger partial charge in [0.15, 0.2) is 0 Å². The molecule has 3 rings (SSSR count). The second-order valence-corrected chi connectivity index (χ2v) is 7.64. The summed E-state index contributed by atoms with van der Waals surface area (Å²) in [5.41, 5.74) is 2.29. The third-order valence-corrected chi connectivity index (χ3v) is 5.14. The smallest absolute Gasteiger partial charge is 0.251 e. The molecule has 0 aliphatic carbocycles. The van der Waals surface area contributed by atoms with Gasteiger partial charge in [-0.3, -0.25) is 9.59 Å². The van der Waals surface area contributed by atoms with Crippen molar-refractivity contribution in [3.8, 4) is 0 Å². The van der Waals surface area contributed by atoms with Crippen molar-refractivity contribution < 1.29 is 9.59 Å². The summed E-state index contributed by atoms with van der Waals surface area (Å²) in [5.74, 6) is -0.272. The number of nitrogens with zero attached hydrogens (tertiary/aromatic N) is 1. The average Bonchev–Trinajstić information content (AvgIpc) is 3.20. The van der Waals surface area contributed by atoms with Crippen molar-refractivity contribution in [2.45, 2.75) is 25.7 Å². The number of carbonyl (C=O) groups is 2. The van der Waals surface area contributed by atoms with Crippen molar-refractivity contribution in [3.05, 3.63) is 58.1 Å². The van der Waals surface area contributed by atoms with Gasteiger partial charge in [0, 0.05) is 41.7 Å². The minimum atomic E-state index is -0.178. The Morgan fingerprint density at radius 3 is 2.36 bits per heavy atom. The third-order valence-electron chi connectivity index (χ3n) is 4.65. The molecule has 5 nitrogen and oxygen atoms in total. The van der Waals surface area contributed by atoms with Gasteiger partial charge in [0.2, 0.25) is 5.91 Å². The van der Waals surface area contributed by atoms with Gasteiger partial charge in [0.1, 0.15) is 0 Å². The van der Waals surface area contributed by atoms with E-state index in [0.717, 1.165) is 37.3 Å². The third kappa shape index (κ3) is 5.63. The van der Waals surface area contributed by atoms with Crippen molar-refractivity contribution >= 4 is 46.4 Å². The first-order chi connectivity index (χ1) is 13.5. The molecule has 0 unspecified atom stereocenters. The highest BCUT2D eigenvalue weighted by molar-refractivity contribution is 6.31. The van der Waals surface area contributed by atoms with E-state index in [0.29, 0.717) is 35.0 Å². The molecular weight excluding hydrogens is 397 g/mol. The number of rotatable bonds is 7. The number of nitrogens with one attached hydrogen (secondary N) is 2. The van der Waals surface area contributed by atoms with Gasteiger partial charge in [0.25, 0.3) is 5.91 Å². The molecule has 1 saturated heterocycles. The minimum absolute atomic E-state index is 0.0940. The highest BCUT2D eigenvalue weighted by Gasteiger charge is 2.17. The van der Waals surface area contributed by atoms with Gasteiger partial charge in [-0.1, -0.05) is 23.2 Å². The second kappa shape index (κ2) is 9.80. The Balaban J connectivity index is 1.47. The highest BCUT2D eigenvalue weighted by atomic mass is 35.5. The van der Waals surface area contributed by atoms with E-state index >= 15 is 0 Å². The number of hydrogen-bond acceptors (Lipinski definition) is 3. The van der Waals surface area contributed by atoms with Gasteiger partial charge >= 0.3 is 0 Å². The molecule has 2 amide bonds. The fraction of sp³-hybridized carbons (Fsp3) is 0.333. The quantitative estimate of drug-likeness (QED) is 0.636. The lowest BCUT2D eigenvalue weighted by atomic mass is 10.2. The van der Waals surface area contributed by atoms with Gasteiger partial charge in [0.05, 0.1) is 11.4 Å². The summed E-state index contributed by atoms with van der Waals surface area (Å²) in [4.78, 5) is 26.7. The van der Waals surface area contributed by atoms with Gasteiger partial charge in [-0.15, -0.1) is 0 Å². The Labute approximate surface area is 175 Å². The summed E-state index contributed by atoms with van der Waals surface area (Å²) >= 11 is 11.9. The minimum Gasteiger partial charge on any atom is -0.370 e. The number of amides is 2. The van der Waals surface area contributed by atoms with Crippen LogP contribution in [0, 0.1) is 0 Å². The fourth-order valence-corrected chi connectivity index (χ4v) is 3.51. The molecule has 0 atom stereocenters. The maximum Gasteiger partial charge on any atom is 0.251 e. The van der Waals surface area contributed by atoms with Crippen molar-refractivity contribution in [2.75, 3.05) is 29.9 Å². The molecule has 1 aliphatic heterocycles. The molecule has 2 aromatic carbocycles. The number of hydrogen-bond donors (Lipinski definition) is 2.